The highest BCUT2D eigenvalue weighted by Crippen LogP contribution is 2.31. The molecule has 0 spiro atoms. The first-order chi connectivity index (χ1) is 9.37. The van der Waals surface area contributed by atoms with Gasteiger partial charge >= 0.3 is 5.97 Å². The predicted molar refractivity (Wildman–Crippen MR) is 75.2 cm³/mol. The van der Waals surface area contributed by atoms with Crippen molar-refractivity contribution in [3.8, 4) is 0 Å². The minimum absolute atomic E-state index is 0.0800. The molecule has 0 saturated heterocycles. The smallest absolute Gasteiger partial charge is 0.324 e. The van der Waals surface area contributed by atoms with Gasteiger partial charge in [-0.2, -0.15) is 4.72 Å². The fraction of sp³-hybridized carbons (Fsp3) is 0.462. The third-order valence-corrected chi connectivity index (χ3v) is 5.61. The largest absolute Gasteiger partial charge is 0.480 e. The molecule has 1 aliphatic rings. The first kappa shape index (κ1) is 15.3. The second kappa shape index (κ2) is 5.71. The molecule has 1 aromatic rings. The molecule has 0 amide bonds. The number of benzene rings is 1. The van der Waals surface area contributed by atoms with E-state index in [0.29, 0.717) is 25.7 Å². The fourth-order valence-corrected chi connectivity index (χ4v) is 4.43. The van der Waals surface area contributed by atoms with Crippen molar-refractivity contribution >= 4 is 27.6 Å². The van der Waals surface area contributed by atoms with Gasteiger partial charge in [0.1, 0.15) is 10.4 Å². The van der Waals surface area contributed by atoms with E-state index in [4.69, 9.17) is 11.6 Å². The number of aliphatic carboxylic acids is 1. The lowest BCUT2D eigenvalue weighted by Gasteiger charge is -2.33. The lowest BCUT2D eigenvalue weighted by Crippen LogP contribution is -2.55. The summed E-state index contributed by atoms with van der Waals surface area (Å²) in [6.45, 7) is 0. The van der Waals surface area contributed by atoms with Crippen LogP contribution in [0.4, 0.5) is 0 Å². The van der Waals surface area contributed by atoms with Crippen molar-refractivity contribution < 1.29 is 18.3 Å². The second-order valence-electron chi connectivity index (χ2n) is 4.98. The lowest BCUT2D eigenvalue weighted by atomic mass is 9.83. The van der Waals surface area contributed by atoms with Crippen LogP contribution < -0.4 is 4.72 Å². The van der Waals surface area contributed by atoms with Crippen LogP contribution >= 0.6 is 11.6 Å². The molecule has 0 radical (unpaired) electrons. The van der Waals surface area contributed by atoms with Crippen LogP contribution in [0.1, 0.15) is 32.1 Å². The Hall–Kier alpha value is -1.11. The topological polar surface area (TPSA) is 83.5 Å². The molecule has 2 N–H and O–H groups in total. The normalized spacial score (nSPS) is 18.6. The maximum atomic E-state index is 12.4. The number of nitrogens with one attached hydrogen (secondary N) is 1. The van der Waals surface area contributed by atoms with Gasteiger partial charge in [0.15, 0.2) is 0 Å². The molecule has 1 aliphatic carbocycles. The van der Waals surface area contributed by atoms with Crippen molar-refractivity contribution in [1.29, 1.82) is 0 Å². The SMILES string of the molecule is O=C(O)C1(NS(=O)(=O)c2ccccc2Cl)CCCCC1. The number of halogens is 1. The Morgan fingerprint density at radius 2 is 1.80 bits per heavy atom. The van der Waals surface area contributed by atoms with Crippen molar-refractivity contribution in [2.75, 3.05) is 0 Å². The molecule has 0 atom stereocenters. The van der Waals surface area contributed by atoms with Crippen LogP contribution in [0.3, 0.4) is 0 Å². The highest BCUT2D eigenvalue weighted by atomic mass is 35.5. The molecule has 110 valence electrons. The summed E-state index contributed by atoms with van der Waals surface area (Å²) in [5, 5.41) is 9.49. The number of carboxylic acid groups (broad SMARTS) is 1. The van der Waals surface area contributed by atoms with Gasteiger partial charge in [0.2, 0.25) is 10.0 Å². The summed E-state index contributed by atoms with van der Waals surface area (Å²) < 4.78 is 27.1. The Bertz CT molecular complexity index is 609. The summed E-state index contributed by atoms with van der Waals surface area (Å²) in [6.07, 6.45) is 2.90. The van der Waals surface area contributed by atoms with Crippen molar-refractivity contribution in [3.63, 3.8) is 0 Å². The summed E-state index contributed by atoms with van der Waals surface area (Å²) in [5.74, 6) is -1.13. The Labute approximate surface area is 123 Å². The first-order valence-corrected chi connectivity index (χ1v) is 8.25. The molecular formula is C13H16ClNO4S. The van der Waals surface area contributed by atoms with E-state index in [1.807, 2.05) is 0 Å². The van der Waals surface area contributed by atoms with E-state index in [-0.39, 0.29) is 9.92 Å². The van der Waals surface area contributed by atoms with Gasteiger partial charge in [-0.15, -0.1) is 0 Å². The van der Waals surface area contributed by atoms with Crippen LogP contribution in [-0.4, -0.2) is 25.0 Å². The number of sulfonamides is 1. The molecule has 0 bridgehead atoms. The van der Waals surface area contributed by atoms with Gasteiger partial charge in [0.05, 0.1) is 5.02 Å². The minimum Gasteiger partial charge on any atom is -0.480 e. The molecule has 0 aromatic heterocycles. The third kappa shape index (κ3) is 2.97. The fourth-order valence-electron chi connectivity index (χ4n) is 2.49. The molecule has 7 heteroatoms. The maximum Gasteiger partial charge on any atom is 0.324 e. The van der Waals surface area contributed by atoms with Crippen LogP contribution in [0.2, 0.25) is 5.02 Å². The van der Waals surface area contributed by atoms with Gasteiger partial charge in [-0.3, -0.25) is 4.79 Å². The molecule has 0 unspecified atom stereocenters. The third-order valence-electron chi connectivity index (χ3n) is 3.57. The summed E-state index contributed by atoms with van der Waals surface area (Å²) >= 11 is 5.88. The van der Waals surface area contributed by atoms with Crippen molar-refractivity contribution in [2.24, 2.45) is 0 Å². The summed E-state index contributed by atoms with van der Waals surface area (Å²) in [6, 6.07) is 6.00. The van der Waals surface area contributed by atoms with Crippen molar-refractivity contribution in [2.45, 2.75) is 42.5 Å². The first-order valence-electron chi connectivity index (χ1n) is 6.39. The maximum absolute atomic E-state index is 12.4. The van der Waals surface area contributed by atoms with E-state index in [0.717, 1.165) is 6.42 Å². The predicted octanol–water partition coefficient (Wildman–Crippen LogP) is 2.41. The molecule has 5 nitrogen and oxygen atoms in total. The van der Waals surface area contributed by atoms with Gasteiger partial charge in [-0.05, 0) is 25.0 Å². The highest BCUT2D eigenvalue weighted by Gasteiger charge is 2.43. The van der Waals surface area contributed by atoms with Gasteiger partial charge < -0.3 is 5.11 Å². The van der Waals surface area contributed by atoms with Crippen LogP contribution in [0.5, 0.6) is 0 Å². The van der Waals surface area contributed by atoms with Gasteiger partial charge in [0, 0.05) is 0 Å². The molecule has 1 fully saturated rings. The zero-order valence-corrected chi connectivity index (χ0v) is 12.4. The highest BCUT2D eigenvalue weighted by molar-refractivity contribution is 7.89. The molecule has 2 rings (SSSR count). The standard InChI is InChI=1S/C13H16ClNO4S/c14-10-6-2-3-7-11(10)20(18,19)15-13(12(16)17)8-4-1-5-9-13/h2-3,6-7,15H,1,4-5,8-9H2,(H,16,17). The van der Waals surface area contributed by atoms with Crippen molar-refractivity contribution in [3.05, 3.63) is 29.3 Å². The number of hydrogen-bond donors (Lipinski definition) is 2. The van der Waals surface area contributed by atoms with E-state index in [1.165, 1.54) is 12.1 Å². The Morgan fingerprint density at radius 3 is 2.35 bits per heavy atom. The molecule has 20 heavy (non-hydrogen) atoms. The van der Waals surface area contributed by atoms with Crippen LogP contribution in [-0.2, 0) is 14.8 Å². The number of hydrogen-bond acceptors (Lipinski definition) is 3. The molecule has 0 aliphatic heterocycles. The van der Waals surface area contributed by atoms with Gasteiger partial charge in [-0.1, -0.05) is 43.0 Å². The van der Waals surface area contributed by atoms with Crippen LogP contribution in [0.25, 0.3) is 0 Å². The lowest BCUT2D eigenvalue weighted by molar-refractivity contribution is -0.145. The van der Waals surface area contributed by atoms with Crippen molar-refractivity contribution in [1.82, 2.24) is 4.72 Å². The van der Waals surface area contributed by atoms with E-state index >= 15 is 0 Å². The Balaban J connectivity index is 2.35. The average Bonchev–Trinajstić information content (AvgIpc) is 2.39. The zero-order chi connectivity index (χ0) is 14.8. The van der Waals surface area contributed by atoms with E-state index in [1.54, 1.807) is 12.1 Å². The minimum atomic E-state index is -3.96. The molecule has 1 saturated carbocycles. The zero-order valence-electron chi connectivity index (χ0n) is 10.8. The average molecular weight is 318 g/mol. The summed E-state index contributed by atoms with van der Waals surface area (Å²) in [5.41, 5.74) is -1.42. The molecule has 0 heterocycles. The molecular weight excluding hydrogens is 302 g/mol. The number of carboxylic acids is 1. The van der Waals surface area contributed by atoms with Gasteiger partial charge in [-0.25, -0.2) is 8.42 Å². The van der Waals surface area contributed by atoms with E-state index < -0.39 is 21.5 Å². The quantitative estimate of drug-likeness (QED) is 0.893. The second-order valence-corrected chi connectivity index (χ2v) is 7.04. The Kier molecular flexibility index (Phi) is 4.36. The van der Waals surface area contributed by atoms with E-state index in [2.05, 4.69) is 4.72 Å². The monoisotopic (exact) mass is 317 g/mol. The molecule has 1 aromatic carbocycles. The number of carbonyl (C=O) groups is 1. The summed E-state index contributed by atoms with van der Waals surface area (Å²) in [4.78, 5) is 11.4. The van der Waals surface area contributed by atoms with Crippen LogP contribution in [0, 0.1) is 0 Å². The van der Waals surface area contributed by atoms with Crippen LogP contribution in [0.15, 0.2) is 29.2 Å². The Morgan fingerprint density at radius 1 is 1.20 bits per heavy atom. The van der Waals surface area contributed by atoms with Gasteiger partial charge in [0.25, 0.3) is 0 Å². The van der Waals surface area contributed by atoms with E-state index in [9.17, 15) is 18.3 Å². The summed E-state index contributed by atoms with van der Waals surface area (Å²) in [7, 11) is -3.96. The number of rotatable bonds is 4.